The highest BCUT2D eigenvalue weighted by Crippen LogP contribution is 2.21. The van der Waals surface area contributed by atoms with Crippen LogP contribution in [0, 0.1) is 5.41 Å². The van der Waals surface area contributed by atoms with Crippen LogP contribution in [0.2, 0.25) is 0 Å². The normalized spacial score (nSPS) is 17.6. The fourth-order valence-corrected chi connectivity index (χ4v) is 5.22. The fraction of sp³-hybridized carbons (Fsp3) is 0.556. The van der Waals surface area contributed by atoms with Crippen molar-refractivity contribution in [3.63, 3.8) is 0 Å². The molecule has 1 aliphatic rings. The molecule has 1 fully saturated rings. The first-order chi connectivity index (χ1) is 23.5. The van der Waals surface area contributed by atoms with Crippen LogP contribution in [-0.2, 0) is 31.8 Å². The van der Waals surface area contributed by atoms with Gasteiger partial charge >= 0.3 is 18.3 Å². The Morgan fingerprint density at radius 1 is 0.820 bits per heavy atom. The Hall–Kier alpha value is -4.40. The van der Waals surface area contributed by atoms with E-state index in [-0.39, 0.29) is 32.7 Å². The van der Waals surface area contributed by atoms with Gasteiger partial charge in [0, 0.05) is 13.1 Å². The number of aliphatic hydroxyl groups is 2. The van der Waals surface area contributed by atoms with Crippen LogP contribution in [0.5, 0.6) is 0 Å². The molecular weight excluding hydrogens is 646 g/mol. The van der Waals surface area contributed by atoms with Crippen LogP contribution in [0.25, 0.3) is 0 Å². The van der Waals surface area contributed by atoms with Crippen LogP contribution < -0.4 is 26.6 Å². The number of hydrogen-bond acceptors (Lipinski definition) is 10. The van der Waals surface area contributed by atoms with Crippen LogP contribution in [0.4, 0.5) is 14.4 Å². The summed E-state index contributed by atoms with van der Waals surface area (Å²) in [6.07, 6.45) is -3.65. The molecule has 2 unspecified atom stereocenters. The molecule has 1 heterocycles. The quantitative estimate of drug-likeness (QED) is 0.128. The van der Waals surface area contributed by atoms with Gasteiger partial charge in [0.1, 0.15) is 30.9 Å². The molecule has 0 bridgehead atoms. The Balaban J connectivity index is 1.66. The van der Waals surface area contributed by atoms with Crippen LogP contribution in [-0.4, -0.2) is 103 Å². The molecule has 1 saturated heterocycles. The topological polar surface area (TPSA) is 197 Å². The van der Waals surface area contributed by atoms with Gasteiger partial charge in [-0.15, -0.1) is 0 Å². The fourth-order valence-electron chi connectivity index (χ4n) is 5.22. The maximum absolute atomic E-state index is 13.7. The number of alkyl carbamates (subject to hydrolysis) is 3. The lowest BCUT2D eigenvalue weighted by atomic mass is 9.85. The van der Waals surface area contributed by atoms with Gasteiger partial charge in [0.15, 0.2) is 0 Å². The molecule has 14 nitrogen and oxygen atoms in total. The molecule has 0 spiro atoms. The lowest BCUT2D eigenvalue weighted by Gasteiger charge is -2.33. The second-order valence-corrected chi connectivity index (χ2v) is 14.5. The van der Waals surface area contributed by atoms with E-state index in [9.17, 15) is 29.4 Å². The van der Waals surface area contributed by atoms with E-state index < -0.39 is 71.6 Å². The first kappa shape index (κ1) is 40.0. The van der Waals surface area contributed by atoms with E-state index in [1.807, 2.05) is 60.7 Å². The van der Waals surface area contributed by atoms with Gasteiger partial charge in [-0.1, -0.05) is 81.4 Å². The summed E-state index contributed by atoms with van der Waals surface area (Å²) in [5.41, 5.74) is 0.303. The number of rotatable bonds is 16. The molecule has 7 N–H and O–H groups in total. The van der Waals surface area contributed by atoms with E-state index in [0.717, 1.165) is 11.1 Å². The second kappa shape index (κ2) is 18.6. The van der Waals surface area contributed by atoms with Crippen molar-refractivity contribution in [1.29, 1.82) is 0 Å². The van der Waals surface area contributed by atoms with Crippen LogP contribution in [0.15, 0.2) is 60.7 Å². The van der Waals surface area contributed by atoms with Gasteiger partial charge < -0.3 is 51.0 Å². The zero-order valence-corrected chi connectivity index (χ0v) is 29.7. The summed E-state index contributed by atoms with van der Waals surface area (Å²) in [5, 5.41) is 36.4. The van der Waals surface area contributed by atoms with E-state index in [2.05, 4.69) is 26.6 Å². The third kappa shape index (κ3) is 14.2. The largest absolute Gasteiger partial charge is 0.447 e. The molecule has 14 heteroatoms. The number of hydrogen-bond donors (Lipinski definition) is 7. The summed E-state index contributed by atoms with van der Waals surface area (Å²) in [6.45, 7) is 10.5. The van der Waals surface area contributed by atoms with Crippen molar-refractivity contribution in [3.05, 3.63) is 71.8 Å². The van der Waals surface area contributed by atoms with E-state index in [4.69, 9.17) is 14.2 Å². The maximum atomic E-state index is 13.7. The number of carbonyl (C=O) groups excluding carboxylic acids is 4. The Bertz CT molecular complexity index is 1380. The number of aliphatic hydroxyl groups excluding tert-OH is 2. The first-order valence-electron chi connectivity index (χ1n) is 16.8. The summed E-state index contributed by atoms with van der Waals surface area (Å²) in [5.74, 6) is -0.531. The standard InChI is InChI=1S/C36H53N5O9/c1-35(2,3)30(41-33(46)49-22-25-21-48-32(45)38-25)31(44)39-26(17-23-13-9-7-10-14-23)28(42)19-37-20-29(43)27(18-24-15-11-8-12-16-24)40-34(47)50-36(4,5)6/h7-16,25-30,37,42-43H,17-22H2,1-6H3,(H,38,45)(H,39,44)(H,40,47)(H,41,46)/t25?,26?,27-,28+,29+,30+/m1/s1. The molecule has 4 amide bonds. The van der Waals surface area contributed by atoms with Crippen molar-refractivity contribution in [2.24, 2.45) is 5.41 Å². The summed E-state index contributed by atoms with van der Waals surface area (Å²) in [6, 6.07) is 15.7. The van der Waals surface area contributed by atoms with E-state index in [1.54, 1.807) is 41.5 Å². The predicted molar refractivity (Wildman–Crippen MR) is 186 cm³/mol. The van der Waals surface area contributed by atoms with Crippen LogP contribution in [0.3, 0.4) is 0 Å². The first-order valence-corrected chi connectivity index (χ1v) is 16.8. The Morgan fingerprint density at radius 2 is 1.34 bits per heavy atom. The maximum Gasteiger partial charge on any atom is 0.407 e. The molecule has 1 aliphatic heterocycles. The molecule has 0 aromatic heterocycles. The van der Waals surface area contributed by atoms with Gasteiger partial charge in [-0.2, -0.15) is 0 Å². The lowest BCUT2D eigenvalue weighted by molar-refractivity contribution is -0.127. The van der Waals surface area contributed by atoms with Crippen molar-refractivity contribution in [1.82, 2.24) is 26.6 Å². The number of nitrogens with one attached hydrogen (secondary N) is 5. The van der Waals surface area contributed by atoms with E-state index >= 15 is 0 Å². The van der Waals surface area contributed by atoms with E-state index in [0.29, 0.717) is 6.42 Å². The van der Waals surface area contributed by atoms with Gasteiger partial charge in [-0.05, 0) is 50.2 Å². The highest BCUT2D eigenvalue weighted by Gasteiger charge is 2.36. The Labute approximate surface area is 294 Å². The second-order valence-electron chi connectivity index (χ2n) is 14.5. The Kier molecular flexibility index (Phi) is 14.9. The molecule has 3 rings (SSSR count). The minimum absolute atomic E-state index is 0.00975. The van der Waals surface area contributed by atoms with Crippen molar-refractivity contribution in [2.45, 2.75) is 96.4 Å². The average molecular weight is 700 g/mol. The SMILES string of the molecule is CC(C)(C)OC(=O)N[C@H](Cc1ccccc1)[C@@H](O)CNC[C@H](O)C(Cc1ccccc1)NC(=O)[C@H](NC(=O)OCC1COC(=O)N1)C(C)(C)C. The zero-order chi connectivity index (χ0) is 36.9. The minimum atomic E-state index is -1.11. The number of cyclic esters (lactones) is 1. The molecule has 2 aromatic carbocycles. The Morgan fingerprint density at radius 3 is 1.80 bits per heavy atom. The summed E-state index contributed by atoms with van der Waals surface area (Å²) >= 11 is 0. The number of carbonyl (C=O) groups is 4. The monoisotopic (exact) mass is 699 g/mol. The molecule has 0 saturated carbocycles. The molecular formula is C36H53N5O9. The lowest BCUT2D eigenvalue weighted by Crippen LogP contribution is -2.59. The summed E-state index contributed by atoms with van der Waals surface area (Å²) < 4.78 is 15.5. The molecule has 276 valence electrons. The van der Waals surface area contributed by atoms with Gasteiger partial charge in [0.25, 0.3) is 0 Å². The molecule has 6 atom stereocenters. The highest BCUT2D eigenvalue weighted by atomic mass is 16.6. The van der Waals surface area contributed by atoms with E-state index in [1.165, 1.54) is 0 Å². The van der Waals surface area contributed by atoms with Gasteiger partial charge in [-0.3, -0.25) is 4.79 Å². The van der Waals surface area contributed by atoms with Crippen molar-refractivity contribution in [2.75, 3.05) is 26.3 Å². The molecule has 2 aromatic rings. The summed E-state index contributed by atoms with van der Waals surface area (Å²) in [4.78, 5) is 50.3. The average Bonchev–Trinajstić information content (AvgIpc) is 3.46. The van der Waals surface area contributed by atoms with Crippen molar-refractivity contribution >= 4 is 24.2 Å². The van der Waals surface area contributed by atoms with Crippen molar-refractivity contribution in [3.8, 4) is 0 Å². The zero-order valence-electron chi connectivity index (χ0n) is 29.7. The summed E-state index contributed by atoms with van der Waals surface area (Å²) in [7, 11) is 0. The molecule has 50 heavy (non-hydrogen) atoms. The third-order valence-corrected chi connectivity index (χ3v) is 7.81. The van der Waals surface area contributed by atoms with Gasteiger partial charge in [0.2, 0.25) is 5.91 Å². The highest BCUT2D eigenvalue weighted by molar-refractivity contribution is 5.86. The van der Waals surface area contributed by atoms with Crippen LogP contribution in [0.1, 0.15) is 52.7 Å². The molecule has 0 aliphatic carbocycles. The van der Waals surface area contributed by atoms with Gasteiger partial charge in [0.05, 0.1) is 24.3 Å². The number of ether oxygens (including phenoxy) is 3. The minimum Gasteiger partial charge on any atom is -0.447 e. The third-order valence-electron chi connectivity index (χ3n) is 7.81. The van der Waals surface area contributed by atoms with Crippen molar-refractivity contribution < 1.29 is 43.6 Å². The molecule has 0 radical (unpaired) electrons. The number of amides is 4. The smallest absolute Gasteiger partial charge is 0.407 e. The number of benzene rings is 2. The predicted octanol–water partition coefficient (Wildman–Crippen LogP) is 2.41. The van der Waals surface area contributed by atoms with Crippen LogP contribution >= 0.6 is 0 Å². The van der Waals surface area contributed by atoms with Gasteiger partial charge in [-0.25, -0.2) is 14.4 Å².